The predicted molar refractivity (Wildman–Crippen MR) is 123 cm³/mol. The smallest absolute Gasteiger partial charge is 0.227 e. The van der Waals surface area contributed by atoms with Crippen molar-refractivity contribution in [3.63, 3.8) is 0 Å². The summed E-state index contributed by atoms with van der Waals surface area (Å²) in [5.74, 6) is 0.915. The SMILES string of the molecule is Cc1cc(-c2noc(CCC(=O)Nc3ccccc3-c3nc4ccccc4[nH]3)n2)ccc1F. The average molecular weight is 441 g/mol. The summed E-state index contributed by atoms with van der Waals surface area (Å²) in [5.41, 5.74) is 4.41. The summed E-state index contributed by atoms with van der Waals surface area (Å²) in [5, 5.41) is 6.89. The summed E-state index contributed by atoms with van der Waals surface area (Å²) in [6, 6.07) is 19.9. The highest BCUT2D eigenvalue weighted by Gasteiger charge is 2.14. The molecule has 7 nitrogen and oxygen atoms in total. The van der Waals surface area contributed by atoms with Crippen molar-refractivity contribution >= 4 is 22.6 Å². The highest BCUT2D eigenvalue weighted by molar-refractivity contribution is 5.95. The number of halogens is 1. The number of aryl methyl sites for hydroxylation is 2. The van der Waals surface area contributed by atoms with E-state index >= 15 is 0 Å². The van der Waals surface area contributed by atoms with Crippen molar-refractivity contribution in [2.45, 2.75) is 19.8 Å². The van der Waals surface area contributed by atoms with Gasteiger partial charge in [0.2, 0.25) is 17.6 Å². The van der Waals surface area contributed by atoms with Gasteiger partial charge in [-0.1, -0.05) is 29.4 Å². The number of para-hydroxylation sites is 3. The van der Waals surface area contributed by atoms with E-state index in [1.807, 2.05) is 48.5 Å². The van der Waals surface area contributed by atoms with E-state index in [2.05, 4.69) is 25.4 Å². The molecule has 1 amide bonds. The highest BCUT2D eigenvalue weighted by atomic mass is 19.1. The van der Waals surface area contributed by atoms with Gasteiger partial charge in [0.15, 0.2) is 0 Å². The molecule has 0 saturated carbocycles. The summed E-state index contributed by atoms with van der Waals surface area (Å²) in [4.78, 5) is 24.9. The van der Waals surface area contributed by atoms with Crippen LogP contribution in [0.3, 0.4) is 0 Å². The Morgan fingerprint density at radius 1 is 1.06 bits per heavy atom. The molecule has 0 fully saturated rings. The van der Waals surface area contributed by atoms with Gasteiger partial charge in [0, 0.05) is 24.0 Å². The Morgan fingerprint density at radius 3 is 2.73 bits per heavy atom. The lowest BCUT2D eigenvalue weighted by Crippen LogP contribution is -2.13. The number of hydrogen-bond donors (Lipinski definition) is 2. The van der Waals surface area contributed by atoms with Gasteiger partial charge in [-0.15, -0.1) is 0 Å². The first-order valence-corrected chi connectivity index (χ1v) is 10.5. The third kappa shape index (κ3) is 4.36. The maximum atomic E-state index is 13.5. The minimum Gasteiger partial charge on any atom is -0.339 e. The van der Waals surface area contributed by atoms with Crippen molar-refractivity contribution < 1.29 is 13.7 Å². The van der Waals surface area contributed by atoms with Gasteiger partial charge >= 0.3 is 0 Å². The maximum absolute atomic E-state index is 13.5. The zero-order valence-electron chi connectivity index (χ0n) is 17.8. The molecule has 0 aliphatic carbocycles. The van der Waals surface area contributed by atoms with Gasteiger partial charge in [-0.05, 0) is 55.0 Å². The molecular formula is C25H20FN5O2. The lowest BCUT2D eigenvalue weighted by atomic mass is 10.1. The van der Waals surface area contributed by atoms with Crippen LogP contribution < -0.4 is 5.32 Å². The number of aromatic amines is 1. The predicted octanol–water partition coefficient (Wildman–Crippen LogP) is 5.30. The lowest BCUT2D eigenvalue weighted by molar-refractivity contribution is -0.116. The quantitative estimate of drug-likeness (QED) is 0.373. The number of rotatable bonds is 6. The van der Waals surface area contributed by atoms with Crippen LogP contribution in [0, 0.1) is 12.7 Å². The zero-order chi connectivity index (χ0) is 22.8. The number of carbonyl (C=O) groups excluding carboxylic acids is 1. The topological polar surface area (TPSA) is 96.7 Å². The van der Waals surface area contributed by atoms with E-state index in [-0.39, 0.29) is 24.6 Å². The molecule has 0 spiro atoms. The molecule has 3 aromatic carbocycles. The molecule has 2 aromatic heterocycles. The normalized spacial score (nSPS) is 11.1. The summed E-state index contributed by atoms with van der Waals surface area (Å²) < 4.78 is 18.8. The number of benzene rings is 3. The maximum Gasteiger partial charge on any atom is 0.227 e. The molecule has 0 aliphatic heterocycles. The van der Waals surface area contributed by atoms with Gasteiger partial charge in [0.25, 0.3) is 0 Å². The van der Waals surface area contributed by atoms with Crippen LogP contribution >= 0.6 is 0 Å². The number of aromatic nitrogens is 4. The standard InChI is InChI=1S/C25H20FN5O2/c1-15-14-16(10-11-18(15)26)24-30-23(33-31-24)13-12-22(32)27-19-7-3-2-6-17(19)25-28-20-8-4-5-9-21(20)29-25/h2-11,14H,12-13H2,1H3,(H,27,32)(H,28,29). The van der Waals surface area contributed by atoms with Crippen LogP contribution in [0.25, 0.3) is 33.8 Å². The van der Waals surface area contributed by atoms with Crippen molar-refractivity contribution in [1.29, 1.82) is 0 Å². The molecular weight excluding hydrogens is 421 g/mol. The van der Waals surface area contributed by atoms with Crippen molar-refractivity contribution in [2.75, 3.05) is 5.32 Å². The van der Waals surface area contributed by atoms with E-state index in [0.29, 0.717) is 34.4 Å². The summed E-state index contributed by atoms with van der Waals surface area (Å²) in [7, 11) is 0. The van der Waals surface area contributed by atoms with Crippen LogP contribution in [0.2, 0.25) is 0 Å². The minimum atomic E-state index is -0.290. The average Bonchev–Trinajstić information content (AvgIpc) is 3.47. The molecule has 33 heavy (non-hydrogen) atoms. The number of imidazole rings is 1. The number of carbonyl (C=O) groups is 1. The van der Waals surface area contributed by atoms with Crippen molar-refractivity contribution in [1.82, 2.24) is 20.1 Å². The third-order valence-electron chi connectivity index (χ3n) is 5.30. The summed E-state index contributed by atoms with van der Waals surface area (Å²) >= 11 is 0. The van der Waals surface area contributed by atoms with Crippen LogP contribution in [0.1, 0.15) is 17.9 Å². The Hall–Kier alpha value is -4.33. The van der Waals surface area contributed by atoms with Crippen molar-refractivity contribution in [2.24, 2.45) is 0 Å². The Bertz CT molecular complexity index is 1420. The number of anilines is 1. The van der Waals surface area contributed by atoms with Crippen molar-refractivity contribution in [3.05, 3.63) is 84.0 Å². The summed E-state index contributed by atoms with van der Waals surface area (Å²) in [6.07, 6.45) is 0.449. The van der Waals surface area contributed by atoms with Crippen LogP contribution in [0.5, 0.6) is 0 Å². The second-order valence-electron chi connectivity index (χ2n) is 7.67. The molecule has 5 rings (SSSR count). The molecule has 0 aliphatic rings. The molecule has 0 atom stereocenters. The second kappa shape index (κ2) is 8.66. The van der Waals surface area contributed by atoms with Crippen LogP contribution in [0.4, 0.5) is 10.1 Å². The van der Waals surface area contributed by atoms with Crippen LogP contribution in [-0.2, 0) is 11.2 Å². The van der Waals surface area contributed by atoms with E-state index in [1.165, 1.54) is 6.07 Å². The number of fused-ring (bicyclic) bond motifs is 1. The van der Waals surface area contributed by atoms with E-state index < -0.39 is 0 Å². The van der Waals surface area contributed by atoms with Gasteiger partial charge in [-0.2, -0.15) is 4.98 Å². The van der Waals surface area contributed by atoms with E-state index in [0.717, 1.165) is 16.6 Å². The fraction of sp³-hybridized carbons (Fsp3) is 0.120. The third-order valence-corrected chi connectivity index (χ3v) is 5.30. The molecule has 164 valence electrons. The van der Waals surface area contributed by atoms with Gasteiger partial charge < -0.3 is 14.8 Å². The summed E-state index contributed by atoms with van der Waals surface area (Å²) in [6.45, 7) is 1.67. The van der Waals surface area contributed by atoms with Gasteiger partial charge in [-0.25, -0.2) is 9.37 Å². The van der Waals surface area contributed by atoms with Crippen LogP contribution in [-0.4, -0.2) is 26.0 Å². The minimum absolute atomic E-state index is 0.165. The molecule has 0 bridgehead atoms. The van der Waals surface area contributed by atoms with Crippen molar-refractivity contribution in [3.8, 4) is 22.8 Å². The first-order valence-electron chi connectivity index (χ1n) is 10.5. The molecule has 0 saturated heterocycles. The fourth-order valence-electron chi connectivity index (χ4n) is 3.57. The van der Waals surface area contributed by atoms with Crippen LogP contribution in [0.15, 0.2) is 71.3 Å². The lowest BCUT2D eigenvalue weighted by Gasteiger charge is -2.09. The first-order chi connectivity index (χ1) is 16.1. The highest BCUT2D eigenvalue weighted by Crippen LogP contribution is 2.27. The fourth-order valence-corrected chi connectivity index (χ4v) is 3.57. The molecule has 2 heterocycles. The Labute approximate surface area is 188 Å². The van der Waals surface area contributed by atoms with E-state index in [1.54, 1.807) is 19.1 Å². The van der Waals surface area contributed by atoms with Gasteiger partial charge in [0.1, 0.15) is 11.6 Å². The zero-order valence-corrected chi connectivity index (χ0v) is 17.8. The number of nitrogens with zero attached hydrogens (tertiary/aromatic N) is 3. The Morgan fingerprint density at radius 2 is 1.88 bits per heavy atom. The van der Waals surface area contributed by atoms with Gasteiger partial charge in [0.05, 0.1) is 16.7 Å². The number of hydrogen-bond acceptors (Lipinski definition) is 5. The molecule has 0 unspecified atom stereocenters. The van der Waals surface area contributed by atoms with E-state index in [4.69, 9.17) is 4.52 Å². The van der Waals surface area contributed by atoms with E-state index in [9.17, 15) is 9.18 Å². The Balaban J connectivity index is 1.27. The molecule has 5 aromatic rings. The Kier molecular flexibility index (Phi) is 5.40. The largest absolute Gasteiger partial charge is 0.339 e. The molecule has 8 heteroatoms. The monoisotopic (exact) mass is 441 g/mol. The molecule has 0 radical (unpaired) electrons. The first kappa shape index (κ1) is 20.6. The van der Waals surface area contributed by atoms with Gasteiger partial charge in [-0.3, -0.25) is 4.79 Å². The number of nitrogens with one attached hydrogen (secondary N) is 2. The molecule has 2 N–H and O–H groups in total. The second-order valence-corrected chi connectivity index (χ2v) is 7.67. The number of H-pyrrole nitrogens is 1. The number of amides is 1.